The Morgan fingerprint density at radius 1 is 1.11 bits per heavy atom. The van der Waals surface area contributed by atoms with Crippen molar-refractivity contribution in [2.45, 2.75) is 31.1 Å². The van der Waals surface area contributed by atoms with Gasteiger partial charge in [-0.15, -0.1) is 0 Å². The summed E-state index contributed by atoms with van der Waals surface area (Å²) in [4.78, 5) is 37.6. The number of hydrogen-bond acceptors (Lipinski definition) is 5. The molecule has 0 radical (unpaired) electrons. The molecule has 2 aromatic carbocycles. The standard InChI is InChI=1S/C27H26FN5O2/c28-22-5-2-1-4-20(22)19-15-30-26(31-16-19)33-17-27(9-10-27)21-8-7-18(14-23(21)33)25(35)29-11-13-32-12-3-6-24(32)34/h1-2,4-5,7-8,14-16H,3,6,9-13,17H2,(H,29,35). The van der Waals surface area contributed by atoms with Crippen molar-refractivity contribution in [1.29, 1.82) is 0 Å². The summed E-state index contributed by atoms with van der Waals surface area (Å²) in [6.45, 7) is 2.49. The zero-order chi connectivity index (χ0) is 24.0. The molecule has 2 aliphatic heterocycles. The number of aromatic nitrogens is 2. The van der Waals surface area contributed by atoms with Crippen LogP contribution < -0.4 is 10.2 Å². The smallest absolute Gasteiger partial charge is 0.251 e. The zero-order valence-electron chi connectivity index (χ0n) is 19.3. The molecule has 2 fully saturated rings. The highest BCUT2D eigenvalue weighted by molar-refractivity contribution is 5.96. The molecule has 1 N–H and O–H groups in total. The maximum absolute atomic E-state index is 14.2. The number of rotatable bonds is 6. The van der Waals surface area contributed by atoms with Crippen LogP contribution in [-0.4, -0.2) is 52.9 Å². The topological polar surface area (TPSA) is 78.4 Å². The number of nitrogens with zero attached hydrogens (tertiary/aromatic N) is 4. The molecule has 2 amide bonds. The number of carbonyl (C=O) groups excluding carboxylic acids is 2. The fourth-order valence-electron chi connectivity index (χ4n) is 5.22. The van der Waals surface area contributed by atoms with Crippen LogP contribution in [0.1, 0.15) is 41.6 Å². The maximum atomic E-state index is 14.2. The average molecular weight is 472 g/mol. The Labute approximate surface area is 203 Å². The molecule has 1 saturated heterocycles. The van der Waals surface area contributed by atoms with Gasteiger partial charge in [0.15, 0.2) is 0 Å². The number of likely N-dealkylation sites (tertiary alicyclic amines) is 1. The largest absolute Gasteiger partial charge is 0.350 e. The molecule has 3 aliphatic rings. The van der Waals surface area contributed by atoms with Gasteiger partial charge in [0.25, 0.3) is 5.91 Å². The quantitative estimate of drug-likeness (QED) is 0.592. The summed E-state index contributed by atoms with van der Waals surface area (Å²) in [7, 11) is 0. The van der Waals surface area contributed by atoms with Gasteiger partial charge in [0.05, 0.1) is 0 Å². The van der Waals surface area contributed by atoms with E-state index >= 15 is 0 Å². The molecule has 35 heavy (non-hydrogen) atoms. The van der Waals surface area contributed by atoms with Crippen LogP contribution in [0, 0.1) is 5.82 Å². The minimum Gasteiger partial charge on any atom is -0.350 e. The van der Waals surface area contributed by atoms with Crippen LogP contribution in [0.5, 0.6) is 0 Å². The Bertz CT molecular complexity index is 1310. The fraction of sp³-hybridized carbons (Fsp3) is 0.333. The third kappa shape index (κ3) is 3.92. The van der Waals surface area contributed by atoms with Crippen molar-refractivity contribution in [1.82, 2.24) is 20.2 Å². The lowest BCUT2D eigenvalue weighted by molar-refractivity contribution is -0.127. The number of hydrogen-bond donors (Lipinski definition) is 1. The van der Waals surface area contributed by atoms with Crippen LogP contribution in [0.2, 0.25) is 0 Å². The third-order valence-corrected chi connectivity index (χ3v) is 7.34. The molecule has 178 valence electrons. The first-order valence-electron chi connectivity index (χ1n) is 12.1. The third-order valence-electron chi connectivity index (χ3n) is 7.34. The van der Waals surface area contributed by atoms with Gasteiger partial charge in [-0.05, 0) is 43.0 Å². The van der Waals surface area contributed by atoms with Gasteiger partial charge in [-0.2, -0.15) is 0 Å². The van der Waals surface area contributed by atoms with Gasteiger partial charge in [0.1, 0.15) is 5.82 Å². The second-order valence-electron chi connectivity index (χ2n) is 9.59. The van der Waals surface area contributed by atoms with E-state index < -0.39 is 0 Å². The van der Waals surface area contributed by atoms with Gasteiger partial charge in [-0.1, -0.05) is 24.3 Å². The van der Waals surface area contributed by atoms with E-state index in [4.69, 9.17) is 0 Å². The van der Waals surface area contributed by atoms with Crippen LogP contribution in [0.3, 0.4) is 0 Å². The molecular formula is C27H26FN5O2. The SMILES string of the molecule is O=C(NCCN1CCCC1=O)c1ccc2c(c1)N(c1ncc(-c3ccccc3F)cn1)CC21CC1. The summed E-state index contributed by atoms with van der Waals surface area (Å²) in [5.41, 5.74) is 3.92. The van der Waals surface area contributed by atoms with Crippen LogP contribution >= 0.6 is 0 Å². The number of halogens is 1. The molecule has 8 heteroatoms. The summed E-state index contributed by atoms with van der Waals surface area (Å²) in [6, 6.07) is 12.4. The second kappa shape index (κ2) is 8.45. The van der Waals surface area contributed by atoms with E-state index in [1.54, 1.807) is 35.5 Å². The molecule has 3 aromatic rings. The lowest BCUT2D eigenvalue weighted by Gasteiger charge is -2.18. The number of nitrogens with one attached hydrogen (secondary N) is 1. The minimum atomic E-state index is -0.308. The van der Waals surface area contributed by atoms with Gasteiger partial charge in [-0.3, -0.25) is 9.59 Å². The summed E-state index contributed by atoms with van der Waals surface area (Å²) >= 11 is 0. The van der Waals surface area contributed by atoms with Crippen molar-refractivity contribution >= 4 is 23.5 Å². The van der Waals surface area contributed by atoms with Crippen molar-refractivity contribution in [2.75, 3.05) is 31.1 Å². The van der Waals surface area contributed by atoms with Gasteiger partial charge >= 0.3 is 0 Å². The van der Waals surface area contributed by atoms with E-state index in [1.807, 2.05) is 12.1 Å². The number of benzene rings is 2. The van der Waals surface area contributed by atoms with Gasteiger partial charge in [-0.25, -0.2) is 14.4 Å². The Balaban J connectivity index is 1.22. The monoisotopic (exact) mass is 471 g/mol. The highest BCUT2D eigenvalue weighted by atomic mass is 19.1. The van der Waals surface area contributed by atoms with Crippen molar-refractivity contribution in [3.8, 4) is 11.1 Å². The van der Waals surface area contributed by atoms with E-state index in [0.29, 0.717) is 42.1 Å². The van der Waals surface area contributed by atoms with Gasteiger partial charge < -0.3 is 15.1 Å². The van der Waals surface area contributed by atoms with Crippen molar-refractivity contribution in [3.05, 3.63) is 71.8 Å². The first-order valence-corrected chi connectivity index (χ1v) is 12.1. The molecular weight excluding hydrogens is 445 g/mol. The summed E-state index contributed by atoms with van der Waals surface area (Å²) in [6.07, 6.45) is 6.97. The second-order valence-corrected chi connectivity index (χ2v) is 9.59. The Hall–Kier alpha value is -3.81. The molecule has 6 rings (SSSR count). The van der Waals surface area contributed by atoms with Crippen LogP contribution in [0.4, 0.5) is 16.0 Å². The minimum absolute atomic E-state index is 0.0913. The van der Waals surface area contributed by atoms with Crippen molar-refractivity contribution < 1.29 is 14.0 Å². The average Bonchev–Trinajstić information content (AvgIpc) is 3.44. The molecule has 1 aliphatic carbocycles. The molecule has 1 aromatic heterocycles. The highest BCUT2D eigenvalue weighted by Crippen LogP contribution is 2.57. The molecule has 7 nitrogen and oxygen atoms in total. The summed E-state index contributed by atoms with van der Waals surface area (Å²) in [5, 5.41) is 2.94. The molecule has 1 saturated carbocycles. The van der Waals surface area contributed by atoms with Crippen molar-refractivity contribution in [2.24, 2.45) is 0 Å². The van der Waals surface area contributed by atoms with E-state index in [1.165, 1.54) is 11.6 Å². The highest BCUT2D eigenvalue weighted by Gasteiger charge is 2.52. The maximum Gasteiger partial charge on any atom is 0.251 e. The lowest BCUT2D eigenvalue weighted by Crippen LogP contribution is -2.35. The predicted octanol–water partition coefficient (Wildman–Crippen LogP) is 3.82. The molecule has 0 bridgehead atoms. The first-order chi connectivity index (χ1) is 17.0. The molecule has 0 unspecified atom stereocenters. The van der Waals surface area contributed by atoms with E-state index in [2.05, 4.69) is 26.3 Å². The number of anilines is 2. The van der Waals surface area contributed by atoms with Crippen LogP contribution in [0.25, 0.3) is 11.1 Å². The summed E-state index contributed by atoms with van der Waals surface area (Å²) < 4.78 is 14.2. The summed E-state index contributed by atoms with van der Waals surface area (Å²) in [5.74, 6) is 0.229. The fourth-order valence-corrected chi connectivity index (χ4v) is 5.22. The lowest BCUT2D eigenvalue weighted by atomic mass is 9.97. The predicted molar refractivity (Wildman–Crippen MR) is 130 cm³/mol. The Kier molecular flexibility index (Phi) is 5.24. The number of carbonyl (C=O) groups is 2. The van der Waals surface area contributed by atoms with Gasteiger partial charge in [0.2, 0.25) is 11.9 Å². The normalized spacial score (nSPS) is 17.7. The molecule has 3 heterocycles. The first kappa shape index (κ1) is 21.7. The van der Waals surface area contributed by atoms with Crippen molar-refractivity contribution in [3.63, 3.8) is 0 Å². The molecule has 1 spiro atoms. The Morgan fingerprint density at radius 2 is 1.91 bits per heavy atom. The van der Waals surface area contributed by atoms with E-state index in [0.717, 1.165) is 38.0 Å². The Morgan fingerprint density at radius 3 is 2.63 bits per heavy atom. The van der Waals surface area contributed by atoms with Crippen LogP contribution in [-0.2, 0) is 10.2 Å². The number of amides is 2. The zero-order valence-corrected chi connectivity index (χ0v) is 19.3. The van der Waals surface area contributed by atoms with Gasteiger partial charge in [0, 0.05) is 72.8 Å². The van der Waals surface area contributed by atoms with E-state index in [-0.39, 0.29) is 23.0 Å². The number of fused-ring (bicyclic) bond motifs is 2. The van der Waals surface area contributed by atoms with Crippen LogP contribution in [0.15, 0.2) is 54.9 Å². The van der Waals surface area contributed by atoms with E-state index in [9.17, 15) is 14.0 Å². The molecule has 0 atom stereocenters.